The molecule has 0 saturated heterocycles. The normalized spacial score (nSPS) is 12.0. The van der Waals surface area contributed by atoms with Crippen molar-refractivity contribution < 1.29 is 4.39 Å². The van der Waals surface area contributed by atoms with Crippen molar-refractivity contribution in [3.63, 3.8) is 0 Å². The molecule has 2 heterocycles. The molecular weight excluding hydrogens is 339 g/mol. The maximum atomic E-state index is 13.8. The summed E-state index contributed by atoms with van der Waals surface area (Å²) in [7, 11) is 0. The average molecular weight is 357 g/mol. The lowest BCUT2D eigenvalue weighted by Gasteiger charge is -2.21. The highest BCUT2D eigenvalue weighted by molar-refractivity contribution is 6.30. The lowest BCUT2D eigenvalue weighted by atomic mass is 10.0. The van der Waals surface area contributed by atoms with Gasteiger partial charge in [0.05, 0.1) is 11.7 Å². The Morgan fingerprint density at radius 2 is 2.00 bits per heavy atom. The second kappa shape index (κ2) is 7.57. The van der Waals surface area contributed by atoms with Crippen LogP contribution in [0.2, 0.25) is 5.15 Å². The number of nitrogens with zero attached hydrogens (tertiary/aromatic N) is 3. The minimum absolute atomic E-state index is 0.298. The van der Waals surface area contributed by atoms with Crippen LogP contribution < -0.4 is 5.32 Å². The third kappa shape index (κ3) is 3.94. The summed E-state index contributed by atoms with van der Waals surface area (Å²) in [5.74, 6) is 0.913. The molecule has 1 unspecified atom stereocenters. The van der Waals surface area contributed by atoms with E-state index in [4.69, 9.17) is 11.6 Å². The Balaban J connectivity index is 2.08. The van der Waals surface area contributed by atoms with Gasteiger partial charge in [0, 0.05) is 11.8 Å². The number of aryl methyl sites for hydroxylation is 1. The van der Waals surface area contributed by atoms with E-state index in [0.717, 1.165) is 16.8 Å². The molecule has 1 N–H and O–H groups in total. The van der Waals surface area contributed by atoms with Gasteiger partial charge in [-0.1, -0.05) is 36.7 Å². The van der Waals surface area contributed by atoms with Gasteiger partial charge in [0.2, 0.25) is 0 Å². The molecule has 0 saturated carbocycles. The summed E-state index contributed by atoms with van der Waals surface area (Å²) in [6.07, 6.45) is 2.39. The molecule has 0 aliphatic carbocycles. The van der Waals surface area contributed by atoms with Gasteiger partial charge in [0.1, 0.15) is 22.6 Å². The van der Waals surface area contributed by atoms with E-state index in [1.807, 2.05) is 31.2 Å². The predicted molar refractivity (Wildman–Crippen MR) is 97.3 cm³/mol. The fraction of sp³-hybridized carbons (Fsp3) is 0.211. The number of anilines is 1. The first-order valence-corrected chi connectivity index (χ1v) is 8.42. The van der Waals surface area contributed by atoms with E-state index in [1.165, 1.54) is 12.1 Å². The predicted octanol–water partition coefficient (Wildman–Crippen LogP) is 4.74. The van der Waals surface area contributed by atoms with Crippen molar-refractivity contribution in [2.75, 3.05) is 5.32 Å². The highest BCUT2D eigenvalue weighted by atomic mass is 35.5. The average Bonchev–Trinajstić information content (AvgIpc) is 2.60. The van der Waals surface area contributed by atoms with Gasteiger partial charge in [-0.15, -0.1) is 0 Å². The van der Waals surface area contributed by atoms with Gasteiger partial charge < -0.3 is 5.32 Å². The Labute approximate surface area is 151 Å². The zero-order valence-corrected chi connectivity index (χ0v) is 14.8. The molecule has 0 aliphatic rings. The zero-order valence-electron chi connectivity index (χ0n) is 14.0. The van der Waals surface area contributed by atoms with Gasteiger partial charge in [0.15, 0.2) is 0 Å². The molecule has 4 nitrogen and oxygen atoms in total. The molecule has 3 rings (SSSR count). The van der Waals surface area contributed by atoms with Gasteiger partial charge in [-0.25, -0.2) is 14.4 Å². The van der Waals surface area contributed by atoms with Crippen molar-refractivity contribution in [3.05, 3.63) is 82.3 Å². The Bertz CT molecular complexity index is 871. The van der Waals surface area contributed by atoms with Crippen LogP contribution in [0.15, 0.2) is 48.7 Å². The molecule has 6 heteroatoms. The minimum Gasteiger partial charge on any atom is -0.357 e. The van der Waals surface area contributed by atoms with Crippen molar-refractivity contribution in [1.82, 2.24) is 15.0 Å². The van der Waals surface area contributed by atoms with Crippen LogP contribution in [0.25, 0.3) is 0 Å². The van der Waals surface area contributed by atoms with Crippen LogP contribution in [-0.2, 0) is 6.42 Å². The molecule has 0 bridgehead atoms. The second-order valence-corrected chi connectivity index (χ2v) is 5.99. The molecule has 0 aliphatic heterocycles. The maximum absolute atomic E-state index is 13.8. The molecule has 3 aromatic rings. The third-order valence-electron chi connectivity index (χ3n) is 3.87. The maximum Gasteiger partial charge on any atom is 0.138 e. The first-order chi connectivity index (χ1) is 12.1. The Hall–Kier alpha value is -2.53. The van der Waals surface area contributed by atoms with E-state index < -0.39 is 0 Å². The van der Waals surface area contributed by atoms with Crippen molar-refractivity contribution in [3.8, 4) is 0 Å². The lowest BCUT2D eigenvalue weighted by Crippen LogP contribution is -2.17. The number of hydrogen-bond donors (Lipinski definition) is 1. The molecule has 0 radical (unpaired) electrons. The monoisotopic (exact) mass is 356 g/mol. The van der Waals surface area contributed by atoms with Crippen LogP contribution in [0, 0.1) is 12.7 Å². The first kappa shape index (κ1) is 17.3. The van der Waals surface area contributed by atoms with Crippen LogP contribution in [0.1, 0.15) is 35.6 Å². The largest absolute Gasteiger partial charge is 0.357 e. The molecular formula is C19H18ClFN4. The minimum atomic E-state index is -0.354. The van der Waals surface area contributed by atoms with Gasteiger partial charge in [0.25, 0.3) is 0 Å². The molecule has 0 amide bonds. The Morgan fingerprint density at radius 1 is 1.16 bits per heavy atom. The van der Waals surface area contributed by atoms with Crippen molar-refractivity contribution in [2.24, 2.45) is 0 Å². The SMILES string of the molecule is CCc1c(Cl)nc(C)nc1NC(c1cccc(F)c1)c1ccccn1. The topological polar surface area (TPSA) is 50.7 Å². The summed E-state index contributed by atoms with van der Waals surface area (Å²) in [4.78, 5) is 13.1. The summed E-state index contributed by atoms with van der Waals surface area (Å²) in [5, 5.41) is 3.80. The molecule has 128 valence electrons. The van der Waals surface area contributed by atoms with E-state index in [2.05, 4.69) is 20.3 Å². The first-order valence-electron chi connectivity index (χ1n) is 8.04. The Kier molecular flexibility index (Phi) is 5.24. The number of hydrogen-bond acceptors (Lipinski definition) is 4. The Morgan fingerprint density at radius 3 is 2.68 bits per heavy atom. The molecule has 2 aromatic heterocycles. The smallest absolute Gasteiger partial charge is 0.138 e. The summed E-state index contributed by atoms with van der Waals surface area (Å²) < 4.78 is 13.8. The summed E-state index contributed by atoms with van der Waals surface area (Å²) in [6, 6.07) is 11.7. The lowest BCUT2D eigenvalue weighted by molar-refractivity contribution is 0.624. The van der Waals surface area contributed by atoms with E-state index in [-0.39, 0.29) is 11.9 Å². The van der Waals surface area contributed by atoms with Crippen LogP contribution >= 0.6 is 11.6 Å². The molecule has 1 aromatic carbocycles. The number of pyridine rings is 1. The molecule has 0 spiro atoms. The van der Waals surface area contributed by atoms with E-state index in [9.17, 15) is 4.39 Å². The standard InChI is InChI=1S/C19H18ClFN4/c1-3-15-18(20)23-12(2)24-19(15)25-17(16-9-4-5-10-22-16)13-7-6-8-14(21)11-13/h4-11,17H,3H2,1-2H3,(H,23,24,25). The number of nitrogens with one attached hydrogen (secondary N) is 1. The van der Waals surface area contributed by atoms with Crippen LogP contribution in [0.5, 0.6) is 0 Å². The number of halogens is 2. The number of benzene rings is 1. The molecule has 25 heavy (non-hydrogen) atoms. The summed E-state index contributed by atoms with van der Waals surface area (Å²) in [5.41, 5.74) is 2.35. The van der Waals surface area contributed by atoms with E-state index in [1.54, 1.807) is 19.2 Å². The third-order valence-corrected chi connectivity index (χ3v) is 4.18. The summed E-state index contributed by atoms with van der Waals surface area (Å²) >= 11 is 6.27. The van der Waals surface area contributed by atoms with Gasteiger partial charge in [-0.05, 0) is 43.2 Å². The fourth-order valence-electron chi connectivity index (χ4n) is 2.69. The highest BCUT2D eigenvalue weighted by Gasteiger charge is 2.19. The van der Waals surface area contributed by atoms with Gasteiger partial charge in [-0.3, -0.25) is 4.98 Å². The van der Waals surface area contributed by atoms with E-state index in [0.29, 0.717) is 23.2 Å². The van der Waals surface area contributed by atoms with Crippen molar-refractivity contribution in [2.45, 2.75) is 26.3 Å². The second-order valence-electron chi connectivity index (χ2n) is 5.63. The molecule has 1 atom stereocenters. The van der Waals surface area contributed by atoms with Crippen LogP contribution in [0.3, 0.4) is 0 Å². The van der Waals surface area contributed by atoms with Crippen molar-refractivity contribution in [1.29, 1.82) is 0 Å². The van der Waals surface area contributed by atoms with Crippen LogP contribution in [0.4, 0.5) is 10.2 Å². The number of aromatic nitrogens is 3. The van der Waals surface area contributed by atoms with E-state index >= 15 is 0 Å². The van der Waals surface area contributed by atoms with Gasteiger partial charge >= 0.3 is 0 Å². The highest BCUT2D eigenvalue weighted by Crippen LogP contribution is 2.29. The summed E-state index contributed by atoms with van der Waals surface area (Å²) in [6.45, 7) is 3.78. The molecule has 0 fully saturated rings. The van der Waals surface area contributed by atoms with Gasteiger partial charge in [-0.2, -0.15) is 0 Å². The quantitative estimate of drug-likeness (QED) is 0.671. The van der Waals surface area contributed by atoms with Crippen molar-refractivity contribution >= 4 is 17.4 Å². The van der Waals surface area contributed by atoms with Crippen LogP contribution in [-0.4, -0.2) is 15.0 Å². The fourth-order valence-corrected chi connectivity index (χ4v) is 3.04. The number of rotatable bonds is 5. The zero-order chi connectivity index (χ0) is 17.8.